The molecule has 0 aliphatic rings. The Morgan fingerprint density at radius 1 is 1.46 bits per heavy atom. The second-order valence-corrected chi connectivity index (χ2v) is 3.45. The van der Waals surface area contributed by atoms with E-state index in [2.05, 4.69) is 9.97 Å². The van der Waals surface area contributed by atoms with Crippen LogP contribution in [0.4, 0.5) is 0 Å². The number of benzene rings is 1. The molecule has 2 rings (SSSR count). The van der Waals surface area contributed by atoms with E-state index in [0.717, 1.165) is 15.9 Å². The number of thioether (sulfide) groups is 1. The first kappa shape index (κ1) is 8.44. The highest BCUT2D eigenvalue weighted by Gasteiger charge is 2.05. The fraction of sp³-hybridized carbons (Fsp3) is 0.222. The summed E-state index contributed by atoms with van der Waals surface area (Å²) in [5.41, 5.74) is 2.00. The highest BCUT2D eigenvalue weighted by atomic mass is 32.2. The van der Waals surface area contributed by atoms with Crippen molar-refractivity contribution in [3.8, 4) is 6.01 Å². The molecule has 0 aliphatic heterocycles. The van der Waals surface area contributed by atoms with E-state index in [-0.39, 0.29) is 0 Å². The van der Waals surface area contributed by atoms with Crippen molar-refractivity contribution in [2.45, 2.75) is 4.90 Å². The van der Waals surface area contributed by atoms with E-state index in [1.165, 1.54) is 0 Å². The number of aromatic nitrogens is 2. The number of rotatable bonds is 2. The summed E-state index contributed by atoms with van der Waals surface area (Å²) in [4.78, 5) is 8.54. The molecule has 0 unspecified atom stereocenters. The fourth-order valence-electron chi connectivity index (χ4n) is 1.24. The zero-order valence-electron chi connectivity index (χ0n) is 7.50. The molecule has 0 saturated carbocycles. The number of hydrogen-bond acceptors (Lipinski definition) is 3. The molecule has 3 nitrogen and oxygen atoms in total. The number of imidazole rings is 1. The normalized spacial score (nSPS) is 10.6. The Balaban J connectivity index is 2.67. The standard InChI is InChI=1S/C9H10N2OS/c1-12-9-10-6-4-3-5-7(13-2)8(6)11-9/h3-5H,1-2H3,(H,10,11). The molecule has 13 heavy (non-hydrogen) atoms. The lowest BCUT2D eigenvalue weighted by Crippen LogP contribution is -1.82. The van der Waals surface area contributed by atoms with Crippen molar-refractivity contribution in [3.63, 3.8) is 0 Å². The van der Waals surface area contributed by atoms with Crippen LogP contribution >= 0.6 is 11.8 Å². The van der Waals surface area contributed by atoms with Gasteiger partial charge in [0.25, 0.3) is 6.01 Å². The van der Waals surface area contributed by atoms with Crippen LogP contribution in [0.25, 0.3) is 11.0 Å². The zero-order valence-corrected chi connectivity index (χ0v) is 8.31. The lowest BCUT2D eigenvalue weighted by atomic mass is 10.3. The Hall–Kier alpha value is -1.16. The maximum atomic E-state index is 5.02. The predicted octanol–water partition coefficient (Wildman–Crippen LogP) is 2.29. The van der Waals surface area contributed by atoms with Crippen LogP contribution in [0, 0.1) is 0 Å². The third-order valence-corrected chi connectivity index (χ3v) is 2.64. The highest BCUT2D eigenvalue weighted by Crippen LogP contribution is 2.25. The van der Waals surface area contributed by atoms with Gasteiger partial charge in [0.2, 0.25) is 0 Å². The van der Waals surface area contributed by atoms with Crippen LogP contribution in [-0.2, 0) is 0 Å². The molecule has 68 valence electrons. The van der Waals surface area contributed by atoms with Crippen molar-refractivity contribution in [2.75, 3.05) is 13.4 Å². The SMILES string of the molecule is COc1nc2c(SC)cccc2[nH]1. The number of methoxy groups -OCH3 is 1. The Kier molecular flexibility index (Phi) is 2.14. The summed E-state index contributed by atoms with van der Waals surface area (Å²) in [5, 5.41) is 0. The largest absolute Gasteiger partial charge is 0.468 e. The molecule has 4 heteroatoms. The molecule has 1 aromatic carbocycles. The zero-order chi connectivity index (χ0) is 9.26. The van der Waals surface area contributed by atoms with Gasteiger partial charge in [0.05, 0.1) is 12.6 Å². The summed E-state index contributed by atoms with van der Waals surface area (Å²) in [6, 6.07) is 6.61. The van der Waals surface area contributed by atoms with Crippen LogP contribution in [0.5, 0.6) is 6.01 Å². The van der Waals surface area contributed by atoms with Gasteiger partial charge in [-0.2, -0.15) is 4.98 Å². The number of hydrogen-bond donors (Lipinski definition) is 1. The monoisotopic (exact) mass is 194 g/mol. The quantitative estimate of drug-likeness (QED) is 0.745. The van der Waals surface area contributed by atoms with Gasteiger partial charge in [-0.15, -0.1) is 11.8 Å². The maximum Gasteiger partial charge on any atom is 0.294 e. The summed E-state index contributed by atoms with van der Waals surface area (Å²) in [6.07, 6.45) is 2.04. The van der Waals surface area contributed by atoms with Gasteiger partial charge in [-0.1, -0.05) is 6.07 Å². The molecule has 0 radical (unpaired) electrons. The molecule has 0 amide bonds. The summed E-state index contributed by atoms with van der Waals surface area (Å²) in [5.74, 6) is 0. The van der Waals surface area contributed by atoms with E-state index in [1.807, 2.05) is 24.5 Å². The van der Waals surface area contributed by atoms with Crippen LogP contribution < -0.4 is 4.74 Å². The second kappa shape index (κ2) is 3.30. The van der Waals surface area contributed by atoms with Crippen LogP contribution in [-0.4, -0.2) is 23.3 Å². The number of fused-ring (bicyclic) bond motifs is 1. The Bertz CT molecular complexity index is 424. The Labute approximate surface area is 80.5 Å². The molecule has 0 atom stereocenters. The first-order chi connectivity index (χ1) is 6.35. The lowest BCUT2D eigenvalue weighted by molar-refractivity contribution is 0.386. The molecule has 1 heterocycles. The number of nitrogens with zero attached hydrogens (tertiary/aromatic N) is 1. The van der Waals surface area contributed by atoms with E-state index in [0.29, 0.717) is 6.01 Å². The van der Waals surface area contributed by atoms with Gasteiger partial charge >= 0.3 is 0 Å². The minimum Gasteiger partial charge on any atom is -0.468 e. The minimum atomic E-state index is 0.566. The molecule has 0 bridgehead atoms. The van der Waals surface area contributed by atoms with Crippen molar-refractivity contribution < 1.29 is 4.74 Å². The molecular formula is C9H10N2OS. The van der Waals surface area contributed by atoms with Crippen LogP contribution in [0.1, 0.15) is 0 Å². The molecular weight excluding hydrogens is 184 g/mol. The number of para-hydroxylation sites is 1. The molecule has 1 N–H and O–H groups in total. The molecule has 1 aromatic heterocycles. The summed E-state index contributed by atoms with van der Waals surface area (Å²) in [6.45, 7) is 0. The molecule has 0 spiro atoms. The number of nitrogens with one attached hydrogen (secondary N) is 1. The van der Waals surface area contributed by atoms with E-state index in [9.17, 15) is 0 Å². The summed E-state index contributed by atoms with van der Waals surface area (Å²) < 4.78 is 5.02. The van der Waals surface area contributed by atoms with Gasteiger partial charge in [-0.3, -0.25) is 0 Å². The topological polar surface area (TPSA) is 37.9 Å². The first-order valence-corrected chi connectivity index (χ1v) is 5.14. The Morgan fingerprint density at radius 2 is 2.31 bits per heavy atom. The predicted molar refractivity (Wildman–Crippen MR) is 54.4 cm³/mol. The first-order valence-electron chi connectivity index (χ1n) is 3.92. The van der Waals surface area contributed by atoms with Crippen molar-refractivity contribution in [1.29, 1.82) is 0 Å². The minimum absolute atomic E-state index is 0.566. The molecule has 0 saturated heterocycles. The van der Waals surface area contributed by atoms with Gasteiger partial charge in [0, 0.05) is 4.90 Å². The van der Waals surface area contributed by atoms with Crippen LogP contribution in [0.3, 0.4) is 0 Å². The number of aromatic amines is 1. The average Bonchev–Trinajstić information content (AvgIpc) is 2.59. The smallest absolute Gasteiger partial charge is 0.294 e. The van der Waals surface area contributed by atoms with E-state index in [1.54, 1.807) is 18.9 Å². The lowest BCUT2D eigenvalue weighted by Gasteiger charge is -1.94. The average molecular weight is 194 g/mol. The van der Waals surface area contributed by atoms with Crippen molar-refractivity contribution >= 4 is 22.8 Å². The maximum absolute atomic E-state index is 5.02. The van der Waals surface area contributed by atoms with Gasteiger partial charge in [-0.25, -0.2) is 0 Å². The third-order valence-electron chi connectivity index (χ3n) is 1.87. The molecule has 0 fully saturated rings. The van der Waals surface area contributed by atoms with Gasteiger partial charge in [0.1, 0.15) is 5.52 Å². The van der Waals surface area contributed by atoms with E-state index in [4.69, 9.17) is 4.74 Å². The van der Waals surface area contributed by atoms with E-state index >= 15 is 0 Å². The number of ether oxygens (including phenoxy) is 1. The number of H-pyrrole nitrogens is 1. The highest BCUT2D eigenvalue weighted by molar-refractivity contribution is 7.98. The van der Waals surface area contributed by atoms with Gasteiger partial charge in [-0.05, 0) is 18.4 Å². The fourth-order valence-corrected chi connectivity index (χ4v) is 1.81. The summed E-state index contributed by atoms with van der Waals surface area (Å²) in [7, 11) is 1.61. The van der Waals surface area contributed by atoms with E-state index < -0.39 is 0 Å². The van der Waals surface area contributed by atoms with Crippen molar-refractivity contribution in [2.24, 2.45) is 0 Å². The van der Waals surface area contributed by atoms with Crippen LogP contribution in [0.15, 0.2) is 23.1 Å². The van der Waals surface area contributed by atoms with Crippen molar-refractivity contribution in [3.05, 3.63) is 18.2 Å². The molecule has 2 aromatic rings. The van der Waals surface area contributed by atoms with Gasteiger partial charge in [0.15, 0.2) is 0 Å². The van der Waals surface area contributed by atoms with Crippen LogP contribution in [0.2, 0.25) is 0 Å². The molecule has 0 aliphatic carbocycles. The van der Waals surface area contributed by atoms with Crippen molar-refractivity contribution in [1.82, 2.24) is 9.97 Å². The summed E-state index contributed by atoms with van der Waals surface area (Å²) >= 11 is 1.68. The van der Waals surface area contributed by atoms with Gasteiger partial charge < -0.3 is 9.72 Å². The Morgan fingerprint density at radius 3 is 3.00 bits per heavy atom. The second-order valence-electron chi connectivity index (χ2n) is 2.60. The third kappa shape index (κ3) is 1.37.